The Morgan fingerprint density at radius 1 is 1.27 bits per heavy atom. The van der Waals surface area contributed by atoms with E-state index in [4.69, 9.17) is 13.7 Å². The van der Waals surface area contributed by atoms with Crippen LogP contribution in [0.2, 0.25) is 0 Å². The molecule has 1 N–H and O–H groups in total. The second-order valence-corrected chi connectivity index (χ2v) is 6.08. The van der Waals surface area contributed by atoms with Crippen LogP contribution in [0, 0.1) is 6.92 Å². The first-order valence-corrected chi connectivity index (χ1v) is 8.22. The Hall–Kier alpha value is -3.13. The highest BCUT2D eigenvalue weighted by atomic mass is 16.6. The summed E-state index contributed by atoms with van der Waals surface area (Å²) in [6.45, 7) is 1.87. The lowest BCUT2D eigenvalue weighted by molar-refractivity contribution is 0.0656. The van der Waals surface area contributed by atoms with E-state index in [0.717, 1.165) is 0 Å². The van der Waals surface area contributed by atoms with Gasteiger partial charge in [0, 0.05) is 19.0 Å². The number of amides is 1. The van der Waals surface area contributed by atoms with E-state index in [1.165, 1.54) is 4.90 Å². The Labute approximate surface area is 149 Å². The Morgan fingerprint density at radius 3 is 2.81 bits per heavy atom. The smallest absolute Gasteiger partial charge is 0.290 e. The highest BCUT2D eigenvalue weighted by Crippen LogP contribution is 2.33. The second-order valence-electron chi connectivity index (χ2n) is 6.08. The van der Waals surface area contributed by atoms with E-state index >= 15 is 0 Å². The maximum Gasteiger partial charge on any atom is 0.290 e. The van der Waals surface area contributed by atoms with E-state index in [2.05, 4.69) is 10.1 Å². The number of furan rings is 1. The van der Waals surface area contributed by atoms with E-state index in [1.54, 1.807) is 31.2 Å². The summed E-state index contributed by atoms with van der Waals surface area (Å²) in [4.78, 5) is 18.5. The summed E-state index contributed by atoms with van der Waals surface area (Å²) in [7, 11) is 0. The first-order chi connectivity index (χ1) is 12.6. The molecular formula is C18H17N3O5. The number of hydrogen-bond acceptors (Lipinski definition) is 7. The highest BCUT2D eigenvalue weighted by Gasteiger charge is 2.40. The molecular weight excluding hydrogens is 338 g/mol. The Bertz CT molecular complexity index is 904. The molecule has 0 radical (unpaired) electrons. The summed E-state index contributed by atoms with van der Waals surface area (Å²) in [6.07, 6.45) is -0.326. The van der Waals surface area contributed by atoms with Gasteiger partial charge in [-0.2, -0.15) is 4.98 Å². The number of ether oxygens (including phenoxy) is 1. The molecule has 1 aliphatic heterocycles. The summed E-state index contributed by atoms with van der Waals surface area (Å²) < 4.78 is 16.3. The van der Waals surface area contributed by atoms with Crippen LogP contribution in [0.4, 0.5) is 0 Å². The van der Waals surface area contributed by atoms with E-state index in [0.29, 0.717) is 23.9 Å². The van der Waals surface area contributed by atoms with Gasteiger partial charge < -0.3 is 23.7 Å². The van der Waals surface area contributed by atoms with Gasteiger partial charge in [0.15, 0.2) is 11.6 Å². The molecule has 0 bridgehead atoms. The molecule has 1 saturated heterocycles. The SMILES string of the molecule is Cc1noc([C@H]2C[C@H](O)CN2C(=O)c2ccc(Oc3ccccc3)o2)n1. The zero-order valence-electron chi connectivity index (χ0n) is 14.0. The minimum atomic E-state index is -0.661. The van der Waals surface area contributed by atoms with Gasteiger partial charge in [-0.15, -0.1) is 0 Å². The fourth-order valence-corrected chi connectivity index (χ4v) is 2.96. The number of para-hydroxylation sites is 1. The van der Waals surface area contributed by atoms with Crippen LogP contribution in [0.3, 0.4) is 0 Å². The van der Waals surface area contributed by atoms with Gasteiger partial charge in [0.25, 0.3) is 11.9 Å². The van der Waals surface area contributed by atoms with Crippen LogP contribution in [-0.2, 0) is 0 Å². The standard InChI is InChI=1S/C18H17N3O5/c1-11-19-17(26-20-11)14-9-12(22)10-21(14)18(23)15-7-8-16(25-15)24-13-5-3-2-4-6-13/h2-8,12,14,22H,9-10H2,1H3/t12-,14+/m0/s1. The summed E-state index contributed by atoms with van der Waals surface area (Å²) in [5.41, 5.74) is 0. The van der Waals surface area contributed by atoms with E-state index in [1.807, 2.05) is 18.2 Å². The van der Waals surface area contributed by atoms with Crippen LogP contribution in [-0.4, -0.2) is 38.7 Å². The van der Waals surface area contributed by atoms with Gasteiger partial charge in [-0.05, 0) is 25.1 Å². The number of benzene rings is 1. The van der Waals surface area contributed by atoms with Crippen molar-refractivity contribution in [3.05, 3.63) is 59.9 Å². The number of rotatable bonds is 4. The lowest BCUT2D eigenvalue weighted by Gasteiger charge is -2.20. The normalized spacial score (nSPS) is 19.7. The molecule has 0 spiro atoms. The number of likely N-dealkylation sites (tertiary alicyclic amines) is 1. The Morgan fingerprint density at radius 2 is 2.08 bits per heavy atom. The molecule has 4 rings (SSSR count). The molecule has 1 aromatic carbocycles. The molecule has 0 aliphatic carbocycles. The third-order valence-electron chi connectivity index (χ3n) is 4.12. The van der Waals surface area contributed by atoms with Crippen LogP contribution < -0.4 is 4.74 Å². The van der Waals surface area contributed by atoms with Crippen LogP contribution >= 0.6 is 0 Å². The van der Waals surface area contributed by atoms with Crippen molar-refractivity contribution in [1.82, 2.24) is 15.0 Å². The van der Waals surface area contributed by atoms with Crippen molar-refractivity contribution in [2.75, 3.05) is 6.54 Å². The van der Waals surface area contributed by atoms with Gasteiger partial charge in [0.05, 0.1) is 6.10 Å². The number of hydrogen-bond donors (Lipinski definition) is 1. The second kappa shape index (κ2) is 6.64. The number of aromatic nitrogens is 2. The molecule has 0 saturated carbocycles. The van der Waals surface area contributed by atoms with Crippen molar-refractivity contribution in [3.8, 4) is 11.7 Å². The molecule has 1 amide bonds. The minimum Gasteiger partial charge on any atom is -0.426 e. The molecule has 0 unspecified atom stereocenters. The predicted octanol–water partition coefficient (Wildman–Crippen LogP) is 2.71. The van der Waals surface area contributed by atoms with Crippen molar-refractivity contribution in [1.29, 1.82) is 0 Å². The summed E-state index contributed by atoms with van der Waals surface area (Å²) in [5.74, 6) is 1.35. The molecule has 8 heteroatoms. The molecule has 1 aliphatic rings. The highest BCUT2D eigenvalue weighted by molar-refractivity contribution is 5.92. The van der Waals surface area contributed by atoms with Crippen LogP contribution in [0.5, 0.6) is 11.7 Å². The number of aliphatic hydroxyl groups is 1. The van der Waals surface area contributed by atoms with Crippen molar-refractivity contribution in [3.63, 3.8) is 0 Å². The van der Waals surface area contributed by atoms with Crippen LogP contribution in [0.1, 0.15) is 34.7 Å². The average molecular weight is 355 g/mol. The van der Waals surface area contributed by atoms with Gasteiger partial charge in [-0.1, -0.05) is 23.4 Å². The van der Waals surface area contributed by atoms with Gasteiger partial charge in [0.1, 0.15) is 11.8 Å². The van der Waals surface area contributed by atoms with Crippen molar-refractivity contribution in [2.45, 2.75) is 25.5 Å². The monoisotopic (exact) mass is 355 g/mol. The molecule has 1 fully saturated rings. The molecule has 2 aromatic heterocycles. The van der Waals surface area contributed by atoms with Crippen molar-refractivity contribution >= 4 is 5.91 Å². The van der Waals surface area contributed by atoms with Crippen molar-refractivity contribution < 1.29 is 23.6 Å². The van der Waals surface area contributed by atoms with Crippen LogP contribution in [0.25, 0.3) is 0 Å². The van der Waals surface area contributed by atoms with Crippen LogP contribution in [0.15, 0.2) is 51.4 Å². The third kappa shape index (κ3) is 3.18. The van der Waals surface area contributed by atoms with Crippen molar-refractivity contribution in [2.24, 2.45) is 0 Å². The zero-order valence-corrected chi connectivity index (χ0v) is 14.0. The fourth-order valence-electron chi connectivity index (χ4n) is 2.96. The van der Waals surface area contributed by atoms with E-state index in [-0.39, 0.29) is 24.2 Å². The third-order valence-corrected chi connectivity index (χ3v) is 4.12. The number of β-amino-alcohol motifs (C(OH)–C–C–N with tert-alkyl or cyclic N) is 1. The first kappa shape index (κ1) is 16.3. The topological polar surface area (TPSA) is 102 Å². The molecule has 26 heavy (non-hydrogen) atoms. The van der Waals surface area contributed by atoms with Gasteiger partial charge in [-0.3, -0.25) is 4.79 Å². The number of aliphatic hydroxyl groups excluding tert-OH is 1. The summed E-state index contributed by atoms with van der Waals surface area (Å²) >= 11 is 0. The van der Waals surface area contributed by atoms with E-state index in [9.17, 15) is 9.90 Å². The average Bonchev–Trinajstić information content (AvgIpc) is 3.35. The lowest BCUT2D eigenvalue weighted by Crippen LogP contribution is -2.31. The number of carbonyl (C=O) groups excluding carboxylic acids is 1. The van der Waals surface area contributed by atoms with E-state index < -0.39 is 12.1 Å². The molecule has 8 nitrogen and oxygen atoms in total. The first-order valence-electron chi connectivity index (χ1n) is 8.22. The zero-order chi connectivity index (χ0) is 18.1. The van der Waals surface area contributed by atoms with Gasteiger partial charge in [0.2, 0.25) is 5.89 Å². The maximum atomic E-state index is 12.8. The largest absolute Gasteiger partial charge is 0.426 e. The number of carbonyl (C=O) groups is 1. The molecule has 3 heterocycles. The summed E-state index contributed by atoms with van der Waals surface area (Å²) in [5, 5.41) is 13.7. The Kier molecular flexibility index (Phi) is 4.18. The summed E-state index contributed by atoms with van der Waals surface area (Å²) in [6, 6.07) is 11.8. The van der Waals surface area contributed by atoms with Gasteiger partial charge in [-0.25, -0.2) is 0 Å². The minimum absolute atomic E-state index is 0.117. The lowest BCUT2D eigenvalue weighted by atomic mass is 10.2. The van der Waals surface area contributed by atoms with Gasteiger partial charge >= 0.3 is 0 Å². The Balaban J connectivity index is 1.53. The molecule has 2 atom stereocenters. The molecule has 134 valence electrons. The maximum absolute atomic E-state index is 12.8. The fraction of sp³-hybridized carbons (Fsp3) is 0.278. The molecule has 3 aromatic rings. The quantitative estimate of drug-likeness (QED) is 0.767. The number of aryl methyl sites for hydroxylation is 1. The predicted molar refractivity (Wildman–Crippen MR) is 88.7 cm³/mol. The number of nitrogens with zero attached hydrogens (tertiary/aromatic N) is 3.